The average molecular weight is 374 g/mol. The second-order valence-corrected chi connectivity index (χ2v) is 7.72. The van der Waals surface area contributed by atoms with Gasteiger partial charge in [-0.2, -0.15) is 0 Å². The highest BCUT2D eigenvalue weighted by atomic mass is 16.2. The molecule has 3 aliphatic heterocycles. The van der Waals surface area contributed by atoms with Crippen molar-refractivity contribution in [3.8, 4) is 5.69 Å². The molecule has 0 radical (unpaired) electrons. The number of hydrogen-bond acceptors (Lipinski definition) is 4. The molecule has 6 nitrogen and oxygen atoms in total. The summed E-state index contributed by atoms with van der Waals surface area (Å²) >= 11 is 0. The van der Waals surface area contributed by atoms with E-state index < -0.39 is 0 Å². The Bertz CT molecular complexity index is 1090. The second-order valence-electron chi connectivity index (χ2n) is 7.72. The number of hydrogen-bond donors (Lipinski definition) is 1. The highest BCUT2D eigenvalue weighted by Gasteiger charge is 2.35. The van der Waals surface area contributed by atoms with Crippen molar-refractivity contribution in [2.75, 3.05) is 19.6 Å². The molecule has 3 saturated heterocycles. The van der Waals surface area contributed by atoms with Crippen LogP contribution in [0.3, 0.4) is 0 Å². The van der Waals surface area contributed by atoms with E-state index in [2.05, 4.69) is 15.2 Å². The molecule has 142 valence electrons. The maximum absolute atomic E-state index is 12.9. The number of aromatic nitrogens is 2. The number of carbonyl (C=O) groups is 1. The third-order valence-electron chi connectivity index (χ3n) is 6.06. The Morgan fingerprint density at radius 1 is 1.11 bits per heavy atom. The van der Waals surface area contributed by atoms with Gasteiger partial charge in [0.25, 0.3) is 11.5 Å². The van der Waals surface area contributed by atoms with Crippen LogP contribution in [0.5, 0.6) is 0 Å². The van der Waals surface area contributed by atoms with Gasteiger partial charge in [-0.3, -0.25) is 19.1 Å². The maximum Gasteiger partial charge on any atom is 0.255 e. The SMILES string of the molecule is O=C(NC1CN2CCC1CC2)c1ccc(=O)n(-c2cccc3cnccc23)c1. The van der Waals surface area contributed by atoms with E-state index in [1.54, 1.807) is 29.2 Å². The zero-order valence-corrected chi connectivity index (χ0v) is 15.5. The molecule has 28 heavy (non-hydrogen) atoms. The number of pyridine rings is 2. The maximum atomic E-state index is 12.9. The number of fused-ring (bicyclic) bond motifs is 4. The minimum absolute atomic E-state index is 0.116. The highest BCUT2D eigenvalue weighted by Crippen LogP contribution is 2.27. The smallest absolute Gasteiger partial charge is 0.255 e. The Hall–Kier alpha value is -2.99. The van der Waals surface area contributed by atoms with E-state index in [9.17, 15) is 9.59 Å². The Kier molecular flexibility index (Phi) is 4.20. The van der Waals surface area contributed by atoms with E-state index in [0.717, 1.165) is 48.9 Å². The van der Waals surface area contributed by atoms with Crippen LogP contribution in [0, 0.1) is 5.92 Å². The lowest BCUT2D eigenvalue weighted by Crippen LogP contribution is -2.57. The van der Waals surface area contributed by atoms with Crippen LogP contribution in [0.25, 0.3) is 16.5 Å². The molecule has 1 atom stereocenters. The first-order chi connectivity index (χ1) is 13.7. The van der Waals surface area contributed by atoms with Crippen LogP contribution in [0.4, 0.5) is 0 Å². The highest BCUT2D eigenvalue weighted by molar-refractivity contribution is 5.94. The van der Waals surface area contributed by atoms with Gasteiger partial charge in [0.15, 0.2) is 0 Å². The fourth-order valence-corrected chi connectivity index (χ4v) is 4.51. The molecule has 5 heterocycles. The number of carbonyl (C=O) groups excluding carboxylic acids is 1. The van der Waals surface area contributed by atoms with Gasteiger partial charge in [-0.25, -0.2) is 0 Å². The minimum Gasteiger partial charge on any atom is -0.348 e. The predicted octanol–water partition coefficient (Wildman–Crippen LogP) is 2.21. The lowest BCUT2D eigenvalue weighted by atomic mass is 9.84. The molecule has 3 aromatic rings. The van der Waals surface area contributed by atoms with Crippen molar-refractivity contribution in [3.63, 3.8) is 0 Å². The van der Waals surface area contributed by atoms with Crippen molar-refractivity contribution < 1.29 is 4.79 Å². The molecule has 1 aromatic carbocycles. The molecule has 1 amide bonds. The molecule has 1 N–H and O–H groups in total. The van der Waals surface area contributed by atoms with E-state index in [4.69, 9.17) is 0 Å². The third-order valence-corrected chi connectivity index (χ3v) is 6.06. The number of benzene rings is 1. The summed E-state index contributed by atoms with van der Waals surface area (Å²) in [4.78, 5) is 32.0. The van der Waals surface area contributed by atoms with E-state index in [1.807, 2.05) is 24.3 Å². The lowest BCUT2D eigenvalue weighted by Gasteiger charge is -2.44. The molecule has 2 bridgehead atoms. The van der Waals surface area contributed by atoms with Gasteiger partial charge in [0.1, 0.15) is 0 Å². The standard InChI is InChI=1S/C22H22N4O2/c27-21-5-4-17(22(28)24-19-14-25-10-7-15(19)8-11-25)13-26(21)20-3-1-2-16-12-23-9-6-18(16)20/h1-6,9,12-13,15,19H,7-8,10-11,14H2,(H,24,28). The van der Waals surface area contributed by atoms with Crippen LogP contribution in [0.15, 0.2) is 59.8 Å². The molecule has 6 rings (SSSR count). The molecular formula is C22H22N4O2. The number of piperidine rings is 3. The first kappa shape index (κ1) is 17.1. The summed E-state index contributed by atoms with van der Waals surface area (Å²) < 4.78 is 1.55. The van der Waals surface area contributed by atoms with Gasteiger partial charge in [-0.15, -0.1) is 0 Å². The summed E-state index contributed by atoms with van der Waals surface area (Å²) in [5.74, 6) is 0.444. The predicted molar refractivity (Wildman–Crippen MR) is 108 cm³/mol. The summed E-state index contributed by atoms with van der Waals surface area (Å²) in [6.07, 6.45) is 7.42. The van der Waals surface area contributed by atoms with Crippen molar-refractivity contribution in [2.24, 2.45) is 5.92 Å². The third kappa shape index (κ3) is 2.99. The summed E-state index contributed by atoms with van der Waals surface area (Å²) in [6, 6.07) is 10.9. The zero-order valence-electron chi connectivity index (χ0n) is 15.5. The average Bonchev–Trinajstić information content (AvgIpc) is 2.74. The number of nitrogens with zero attached hydrogens (tertiary/aromatic N) is 3. The topological polar surface area (TPSA) is 67.2 Å². The molecule has 1 unspecified atom stereocenters. The number of rotatable bonds is 3. The molecule has 0 aliphatic carbocycles. The van der Waals surface area contributed by atoms with Gasteiger partial charge in [0.05, 0.1) is 11.3 Å². The Morgan fingerprint density at radius 2 is 1.96 bits per heavy atom. The summed E-state index contributed by atoms with van der Waals surface area (Å²) in [7, 11) is 0. The summed E-state index contributed by atoms with van der Waals surface area (Å²) in [6.45, 7) is 3.20. The zero-order chi connectivity index (χ0) is 19.1. The van der Waals surface area contributed by atoms with Gasteiger partial charge in [0.2, 0.25) is 0 Å². The summed E-state index contributed by atoms with van der Waals surface area (Å²) in [5, 5.41) is 5.07. The molecule has 0 spiro atoms. The number of nitrogens with one attached hydrogen (secondary N) is 1. The number of amides is 1. The van der Waals surface area contributed by atoms with Crippen molar-refractivity contribution in [3.05, 3.63) is 70.9 Å². The van der Waals surface area contributed by atoms with E-state index >= 15 is 0 Å². The van der Waals surface area contributed by atoms with Crippen molar-refractivity contribution in [2.45, 2.75) is 18.9 Å². The molecule has 2 aromatic heterocycles. The van der Waals surface area contributed by atoms with E-state index in [0.29, 0.717) is 11.5 Å². The first-order valence-corrected chi connectivity index (χ1v) is 9.78. The van der Waals surface area contributed by atoms with Crippen molar-refractivity contribution in [1.29, 1.82) is 0 Å². The quantitative estimate of drug-likeness (QED) is 0.763. The fourth-order valence-electron chi connectivity index (χ4n) is 4.51. The van der Waals surface area contributed by atoms with Crippen molar-refractivity contribution in [1.82, 2.24) is 19.8 Å². The molecule has 6 heteroatoms. The fraction of sp³-hybridized carbons (Fsp3) is 0.318. The molecule has 3 aliphatic rings. The summed E-state index contributed by atoms with van der Waals surface area (Å²) in [5.41, 5.74) is 1.09. The van der Waals surface area contributed by atoms with Crippen molar-refractivity contribution >= 4 is 16.7 Å². The normalized spacial score (nSPS) is 23.6. The second kappa shape index (κ2) is 6.87. The van der Waals surface area contributed by atoms with E-state index in [-0.39, 0.29) is 17.5 Å². The van der Waals surface area contributed by atoms with Gasteiger partial charge >= 0.3 is 0 Å². The molecular weight excluding hydrogens is 352 g/mol. The van der Waals surface area contributed by atoms with Crippen LogP contribution in [0.1, 0.15) is 23.2 Å². The van der Waals surface area contributed by atoms with Crippen LogP contribution in [-0.2, 0) is 0 Å². The minimum atomic E-state index is -0.163. The molecule has 0 saturated carbocycles. The van der Waals surface area contributed by atoms with Crippen LogP contribution in [-0.4, -0.2) is 46.0 Å². The van der Waals surface area contributed by atoms with Crippen LogP contribution < -0.4 is 10.9 Å². The van der Waals surface area contributed by atoms with Crippen LogP contribution >= 0.6 is 0 Å². The van der Waals surface area contributed by atoms with Crippen LogP contribution in [0.2, 0.25) is 0 Å². The monoisotopic (exact) mass is 374 g/mol. The van der Waals surface area contributed by atoms with Gasteiger partial charge in [-0.05, 0) is 50.0 Å². The van der Waals surface area contributed by atoms with Gasteiger partial charge in [-0.1, -0.05) is 12.1 Å². The van der Waals surface area contributed by atoms with Gasteiger partial charge in [0, 0.05) is 48.0 Å². The Morgan fingerprint density at radius 3 is 2.75 bits per heavy atom. The Balaban J connectivity index is 1.47. The Labute approximate surface area is 162 Å². The molecule has 3 fully saturated rings. The van der Waals surface area contributed by atoms with E-state index in [1.165, 1.54) is 6.07 Å². The first-order valence-electron chi connectivity index (χ1n) is 9.78. The lowest BCUT2D eigenvalue weighted by molar-refractivity contribution is 0.0620. The largest absolute Gasteiger partial charge is 0.348 e. The van der Waals surface area contributed by atoms with Gasteiger partial charge < -0.3 is 10.2 Å².